The van der Waals surface area contributed by atoms with E-state index >= 15 is 0 Å². The minimum atomic E-state index is -0.294. The van der Waals surface area contributed by atoms with E-state index in [1.54, 1.807) is 24.4 Å². The summed E-state index contributed by atoms with van der Waals surface area (Å²) in [5.74, 6) is 0.566. The number of rotatable bonds is 6. The Labute approximate surface area is 146 Å². The Kier molecular flexibility index (Phi) is 5.23. The molecule has 1 N–H and O–H groups in total. The molecule has 0 saturated heterocycles. The highest BCUT2D eigenvalue weighted by Gasteiger charge is 2.12. The molecule has 5 heteroatoms. The van der Waals surface area contributed by atoms with E-state index in [0.717, 1.165) is 23.4 Å². The zero-order valence-corrected chi connectivity index (χ0v) is 14.1. The predicted octanol–water partition coefficient (Wildman–Crippen LogP) is 3.68. The lowest BCUT2D eigenvalue weighted by Crippen LogP contribution is -2.28. The van der Waals surface area contributed by atoms with E-state index in [-0.39, 0.29) is 11.7 Å². The summed E-state index contributed by atoms with van der Waals surface area (Å²) in [5.41, 5.74) is 2.18. The van der Waals surface area contributed by atoms with Crippen LogP contribution < -0.4 is 5.32 Å². The maximum atomic E-state index is 13.1. The molecule has 0 spiro atoms. The second-order valence-corrected chi connectivity index (χ2v) is 5.70. The first-order chi connectivity index (χ1) is 12.2. The van der Waals surface area contributed by atoms with Gasteiger partial charge >= 0.3 is 0 Å². The molecule has 0 aliphatic rings. The molecule has 0 aliphatic heterocycles. The molecule has 0 bridgehead atoms. The third kappa shape index (κ3) is 3.94. The van der Waals surface area contributed by atoms with E-state index in [2.05, 4.69) is 17.2 Å². The largest absolute Gasteiger partial charge is 0.350 e. The number of amides is 1. The van der Waals surface area contributed by atoms with Crippen molar-refractivity contribution in [3.63, 3.8) is 0 Å². The van der Waals surface area contributed by atoms with Gasteiger partial charge in [-0.1, -0.05) is 37.3 Å². The maximum absolute atomic E-state index is 13.1. The summed E-state index contributed by atoms with van der Waals surface area (Å²) in [6.07, 6.45) is 4.54. The summed E-state index contributed by atoms with van der Waals surface area (Å²) in [4.78, 5) is 16.8. The molecule has 4 nitrogen and oxygen atoms in total. The van der Waals surface area contributed by atoms with Crippen molar-refractivity contribution in [2.24, 2.45) is 0 Å². The number of halogens is 1. The van der Waals surface area contributed by atoms with Crippen LogP contribution in [0.15, 0.2) is 60.9 Å². The number of hydrogen-bond donors (Lipinski definition) is 1. The quantitative estimate of drug-likeness (QED) is 0.746. The number of carbonyl (C=O) groups excluding carboxylic acids is 1. The van der Waals surface area contributed by atoms with Gasteiger partial charge in [-0.05, 0) is 29.3 Å². The number of nitrogens with zero attached hydrogens (tertiary/aromatic N) is 2. The molecule has 0 radical (unpaired) electrons. The molecule has 1 aromatic heterocycles. The molecule has 25 heavy (non-hydrogen) atoms. The molecule has 0 atom stereocenters. The smallest absolute Gasteiger partial charge is 0.251 e. The van der Waals surface area contributed by atoms with Crippen molar-refractivity contribution in [1.82, 2.24) is 14.9 Å². The number of aryl methyl sites for hydroxylation is 1. The molecule has 0 fully saturated rings. The van der Waals surface area contributed by atoms with Gasteiger partial charge in [-0.3, -0.25) is 4.79 Å². The summed E-state index contributed by atoms with van der Waals surface area (Å²) >= 11 is 0. The molecule has 1 heterocycles. The van der Waals surface area contributed by atoms with E-state index in [9.17, 15) is 9.18 Å². The van der Waals surface area contributed by atoms with Crippen molar-refractivity contribution in [1.29, 1.82) is 0 Å². The van der Waals surface area contributed by atoms with Crippen LogP contribution in [0.25, 0.3) is 11.1 Å². The minimum Gasteiger partial charge on any atom is -0.350 e. The van der Waals surface area contributed by atoms with Crippen molar-refractivity contribution < 1.29 is 9.18 Å². The van der Waals surface area contributed by atoms with Crippen molar-refractivity contribution >= 4 is 5.91 Å². The maximum Gasteiger partial charge on any atom is 0.251 e. The Morgan fingerprint density at radius 1 is 1.16 bits per heavy atom. The summed E-state index contributed by atoms with van der Waals surface area (Å²) in [6, 6.07) is 13.5. The second-order valence-electron chi connectivity index (χ2n) is 5.70. The first-order valence-corrected chi connectivity index (χ1v) is 8.32. The van der Waals surface area contributed by atoms with Gasteiger partial charge in [-0.2, -0.15) is 0 Å². The summed E-state index contributed by atoms with van der Waals surface area (Å²) < 4.78 is 15.2. The van der Waals surface area contributed by atoms with Crippen LogP contribution in [-0.2, 0) is 13.0 Å². The molecular formula is C20H20FN3O. The normalized spacial score (nSPS) is 10.6. The van der Waals surface area contributed by atoms with E-state index in [1.807, 2.05) is 29.0 Å². The molecule has 0 saturated carbocycles. The summed E-state index contributed by atoms with van der Waals surface area (Å²) in [6.45, 7) is 3.24. The van der Waals surface area contributed by atoms with Crippen molar-refractivity contribution in [3.8, 4) is 11.1 Å². The summed E-state index contributed by atoms with van der Waals surface area (Å²) in [7, 11) is 0. The zero-order chi connectivity index (χ0) is 17.6. The van der Waals surface area contributed by atoms with Crippen LogP contribution in [0.1, 0.15) is 23.1 Å². The predicted molar refractivity (Wildman–Crippen MR) is 95.8 cm³/mol. The Hall–Kier alpha value is -2.95. The fourth-order valence-electron chi connectivity index (χ4n) is 2.81. The molecule has 3 rings (SSSR count). The van der Waals surface area contributed by atoms with Gasteiger partial charge in [0.2, 0.25) is 0 Å². The Bertz CT molecular complexity index is 855. The van der Waals surface area contributed by atoms with Gasteiger partial charge in [-0.25, -0.2) is 9.37 Å². The highest BCUT2D eigenvalue weighted by molar-refractivity contribution is 6.00. The average Bonchev–Trinajstić information content (AvgIpc) is 3.10. The fraction of sp³-hybridized carbons (Fsp3) is 0.200. The van der Waals surface area contributed by atoms with Gasteiger partial charge in [0.25, 0.3) is 5.91 Å². The van der Waals surface area contributed by atoms with Gasteiger partial charge in [0.1, 0.15) is 11.6 Å². The highest BCUT2D eigenvalue weighted by Crippen LogP contribution is 2.23. The van der Waals surface area contributed by atoms with Crippen LogP contribution >= 0.6 is 0 Å². The number of hydrogen-bond acceptors (Lipinski definition) is 2. The summed E-state index contributed by atoms with van der Waals surface area (Å²) in [5, 5.41) is 2.95. The van der Waals surface area contributed by atoms with Crippen LogP contribution in [0.2, 0.25) is 0 Å². The second kappa shape index (κ2) is 7.75. The number of carbonyl (C=O) groups is 1. The van der Waals surface area contributed by atoms with Crippen LogP contribution in [-0.4, -0.2) is 22.0 Å². The molecular weight excluding hydrogens is 317 g/mol. The average molecular weight is 337 g/mol. The van der Waals surface area contributed by atoms with E-state index in [4.69, 9.17) is 0 Å². The van der Waals surface area contributed by atoms with Crippen molar-refractivity contribution in [2.45, 2.75) is 19.9 Å². The Morgan fingerprint density at radius 2 is 1.92 bits per heavy atom. The van der Waals surface area contributed by atoms with E-state index < -0.39 is 0 Å². The topological polar surface area (TPSA) is 46.9 Å². The molecule has 1 amide bonds. The number of nitrogens with one attached hydrogen (secondary N) is 1. The van der Waals surface area contributed by atoms with Gasteiger partial charge in [-0.15, -0.1) is 0 Å². The monoisotopic (exact) mass is 337 g/mol. The van der Waals surface area contributed by atoms with Crippen LogP contribution in [0.3, 0.4) is 0 Å². The lowest BCUT2D eigenvalue weighted by atomic mass is 9.99. The van der Waals surface area contributed by atoms with Crippen LogP contribution in [0.4, 0.5) is 4.39 Å². The Balaban J connectivity index is 1.71. The number of benzene rings is 2. The fourth-order valence-corrected chi connectivity index (χ4v) is 2.81. The lowest BCUT2D eigenvalue weighted by molar-refractivity contribution is 0.0953. The van der Waals surface area contributed by atoms with Crippen molar-refractivity contribution in [3.05, 3.63) is 78.1 Å². The molecule has 3 aromatic rings. The molecule has 128 valence electrons. The van der Waals surface area contributed by atoms with Crippen LogP contribution in [0.5, 0.6) is 0 Å². The number of imidazole rings is 1. The van der Waals surface area contributed by atoms with E-state index in [1.165, 1.54) is 12.1 Å². The van der Waals surface area contributed by atoms with Crippen molar-refractivity contribution in [2.75, 3.05) is 6.54 Å². The van der Waals surface area contributed by atoms with Gasteiger partial charge in [0.15, 0.2) is 0 Å². The third-order valence-corrected chi connectivity index (χ3v) is 4.08. The highest BCUT2D eigenvalue weighted by atomic mass is 19.1. The Morgan fingerprint density at radius 3 is 2.68 bits per heavy atom. The first kappa shape index (κ1) is 16.9. The SMILES string of the molecule is CCc1nccn1CCNC(=O)c1ccccc1-c1ccc(F)cc1. The third-order valence-electron chi connectivity index (χ3n) is 4.08. The lowest BCUT2D eigenvalue weighted by Gasteiger charge is -2.11. The van der Waals surface area contributed by atoms with Gasteiger partial charge < -0.3 is 9.88 Å². The first-order valence-electron chi connectivity index (χ1n) is 8.32. The van der Waals surface area contributed by atoms with Gasteiger partial charge in [0.05, 0.1) is 0 Å². The molecule has 0 unspecified atom stereocenters. The van der Waals surface area contributed by atoms with Crippen LogP contribution in [0, 0.1) is 5.82 Å². The number of aromatic nitrogens is 2. The van der Waals surface area contributed by atoms with Gasteiger partial charge in [0, 0.05) is 37.5 Å². The van der Waals surface area contributed by atoms with E-state index in [0.29, 0.717) is 18.7 Å². The molecule has 0 aliphatic carbocycles. The molecule has 2 aromatic carbocycles. The zero-order valence-electron chi connectivity index (χ0n) is 14.1. The minimum absolute atomic E-state index is 0.141. The standard InChI is InChI=1S/C20H20FN3O/c1-2-19-22-11-13-24(19)14-12-23-20(25)18-6-4-3-5-17(18)15-7-9-16(21)10-8-15/h3-11,13H,2,12,14H2,1H3,(H,23,25).